The van der Waals surface area contributed by atoms with Crippen molar-refractivity contribution in [3.63, 3.8) is 0 Å². The Bertz CT molecular complexity index is 5080. The monoisotopic (exact) mass is 1280 g/mol. The Hall–Kier alpha value is -7.43. The number of nitrogens with one attached hydrogen (secondary N) is 2. The molecule has 8 aromatic rings. The van der Waals surface area contributed by atoms with Gasteiger partial charge in [0.15, 0.2) is 82.3 Å². The van der Waals surface area contributed by atoms with Crippen molar-refractivity contribution in [2.24, 2.45) is 0 Å². The first kappa shape index (κ1) is 61.7. The highest BCUT2D eigenvalue weighted by Gasteiger charge is 2.35. The Balaban J connectivity index is 1.43. The van der Waals surface area contributed by atoms with Gasteiger partial charge in [-0.25, -0.2) is 80.4 Å². The van der Waals surface area contributed by atoms with E-state index in [9.17, 15) is 55.3 Å². The van der Waals surface area contributed by atoms with Crippen LogP contribution in [0.25, 0.3) is 102 Å². The molecule has 0 spiro atoms. The summed E-state index contributed by atoms with van der Waals surface area (Å²) in [5, 5.41) is 0.798. The minimum Gasteiger partial charge on any atom is -0.324 e. The van der Waals surface area contributed by atoms with Gasteiger partial charge in [-0.2, -0.15) is 0 Å². The average molecular weight is 1280 g/mol. The SMILES string of the molecule is CCCS(=O)(=O)c1cc2c(cc1S(=O)(=O)CCC)-c1nc-2nc2[nH]c(nc3nc(nc4[nH]c(n1)c1cc(S(=O)(=O)CCC)c(S(=O)(=O)CCC)cc41)-c1cc(S(=O)(=O)CCC)c(S(=O)(=O)CCC)cc1-3)c1cc(/C=C/c3ccc(C=O)cc3)ccc21. The van der Waals surface area contributed by atoms with Crippen LogP contribution in [0.2, 0.25) is 0 Å². The lowest BCUT2D eigenvalue weighted by atomic mass is 10.1. The Morgan fingerprint density at radius 2 is 0.570 bits per heavy atom. The van der Waals surface area contributed by atoms with E-state index in [0.717, 1.165) is 24.0 Å². The van der Waals surface area contributed by atoms with E-state index in [1.165, 1.54) is 24.3 Å². The zero-order valence-corrected chi connectivity index (χ0v) is 52.6. The lowest BCUT2D eigenvalue weighted by Crippen LogP contribution is -2.15. The van der Waals surface area contributed by atoms with E-state index in [-0.39, 0.29) is 117 Å². The van der Waals surface area contributed by atoms with Gasteiger partial charge in [-0.1, -0.05) is 84.0 Å². The predicted octanol–water partition coefficient (Wildman–Crippen LogP) is 9.95. The van der Waals surface area contributed by atoms with Gasteiger partial charge in [0.2, 0.25) is 0 Å². The molecule has 0 amide bonds. The molecule has 86 heavy (non-hydrogen) atoms. The van der Waals surface area contributed by atoms with Crippen LogP contribution < -0.4 is 0 Å². The average Bonchev–Trinajstić information content (AvgIpc) is 1.53. The molecule has 27 heteroatoms. The number of benzene rings is 5. The summed E-state index contributed by atoms with van der Waals surface area (Å²) >= 11 is 0. The van der Waals surface area contributed by atoms with Crippen molar-refractivity contribution >= 4 is 122 Å². The summed E-state index contributed by atoms with van der Waals surface area (Å²) < 4.78 is 171. The van der Waals surface area contributed by atoms with Crippen molar-refractivity contribution in [1.82, 2.24) is 39.9 Å². The summed E-state index contributed by atoms with van der Waals surface area (Å²) in [5.41, 5.74) is 1.81. The molecule has 0 fully saturated rings. The predicted molar refractivity (Wildman–Crippen MR) is 331 cm³/mol. The van der Waals surface area contributed by atoms with E-state index in [1.54, 1.807) is 84.0 Å². The molecular weight excluding hydrogens is 1220 g/mol. The maximum absolute atomic E-state index is 14.3. The number of nitrogens with zero attached hydrogens (tertiary/aromatic N) is 6. The van der Waals surface area contributed by atoms with Gasteiger partial charge < -0.3 is 9.97 Å². The number of rotatable bonds is 21. The molecule has 0 atom stereocenters. The summed E-state index contributed by atoms with van der Waals surface area (Å²) in [7, 11) is -26.0. The van der Waals surface area contributed by atoms with Gasteiger partial charge in [-0.3, -0.25) is 4.79 Å². The topological polar surface area (TPSA) is 331 Å². The van der Waals surface area contributed by atoms with Crippen molar-refractivity contribution < 1.29 is 55.3 Å². The van der Waals surface area contributed by atoms with Gasteiger partial charge in [0.05, 0.1) is 63.9 Å². The van der Waals surface area contributed by atoms with E-state index >= 15 is 0 Å². The van der Waals surface area contributed by atoms with Crippen LogP contribution in [0.5, 0.6) is 0 Å². The van der Waals surface area contributed by atoms with E-state index in [0.29, 0.717) is 21.9 Å². The fourth-order valence-electron chi connectivity index (χ4n) is 10.5. The molecule has 21 nitrogen and oxygen atoms in total. The summed E-state index contributed by atoms with van der Waals surface area (Å²) in [4.78, 5) is 44.4. The summed E-state index contributed by atoms with van der Waals surface area (Å²) in [6.07, 6.45) is 5.14. The van der Waals surface area contributed by atoms with E-state index in [2.05, 4.69) is 9.97 Å². The largest absolute Gasteiger partial charge is 0.324 e. The Morgan fingerprint density at radius 3 is 0.872 bits per heavy atom. The van der Waals surface area contributed by atoms with Gasteiger partial charge in [-0.05, 0) is 98.2 Å². The van der Waals surface area contributed by atoms with Crippen LogP contribution >= 0.6 is 0 Å². The normalized spacial score (nSPS) is 13.2. The molecule has 10 rings (SSSR count). The fourth-order valence-corrected chi connectivity index (χ4v) is 21.3. The molecule has 2 aliphatic rings. The highest BCUT2D eigenvalue weighted by atomic mass is 32.2. The number of aromatic nitrogens is 8. The maximum Gasteiger partial charge on any atom is 0.179 e. The van der Waals surface area contributed by atoms with Crippen molar-refractivity contribution in [3.8, 4) is 45.6 Å². The second-order valence-corrected chi connectivity index (χ2v) is 33.4. The summed E-state index contributed by atoms with van der Waals surface area (Å²) in [6.45, 7) is 9.78. The van der Waals surface area contributed by atoms with Crippen molar-refractivity contribution in [2.75, 3.05) is 34.5 Å². The molecule has 0 unspecified atom stereocenters. The molecular formula is C59H60N8O13S6. The highest BCUT2D eigenvalue weighted by Crippen LogP contribution is 2.43. The number of sulfone groups is 6. The number of carbonyl (C=O) groups excluding carboxylic acids is 1. The Kier molecular flexibility index (Phi) is 16.7. The number of aromatic amines is 2. The van der Waals surface area contributed by atoms with Crippen molar-refractivity contribution in [3.05, 3.63) is 95.6 Å². The van der Waals surface area contributed by atoms with E-state index < -0.39 is 123 Å². The molecule has 0 radical (unpaired) electrons. The Morgan fingerprint density at radius 1 is 0.314 bits per heavy atom. The zero-order valence-electron chi connectivity index (χ0n) is 47.7. The molecule has 450 valence electrons. The zero-order chi connectivity index (χ0) is 61.9. The number of hydrogen-bond donors (Lipinski definition) is 2. The third kappa shape index (κ3) is 11.6. The minimum atomic E-state index is -4.36. The number of H-pyrrole nitrogens is 2. The third-order valence-electron chi connectivity index (χ3n) is 14.4. The number of fused-ring (bicyclic) bond motifs is 20. The van der Waals surface area contributed by atoms with Crippen molar-refractivity contribution in [2.45, 2.75) is 109 Å². The van der Waals surface area contributed by atoms with E-state index in [1.807, 2.05) is 12.2 Å². The first-order chi connectivity index (χ1) is 40.7. The summed E-state index contributed by atoms with van der Waals surface area (Å²) in [5.74, 6) is -3.34. The maximum atomic E-state index is 14.3. The second kappa shape index (κ2) is 23.3. The van der Waals surface area contributed by atoms with Gasteiger partial charge >= 0.3 is 0 Å². The van der Waals surface area contributed by atoms with Crippen molar-refractivity contribution in [1.29, 1.82) is 0 Å². The second-order valence-electron chi connectivity index (χ2n) is 21.0. The molecule has 2 aliphatic heterocycles. The fraction of sp³-hybridized carbons (Fsp3) is 0.305. The molecule has 5 aromatic carbocycles. The molecule has 8 bridgehead atoms. The molecule has 0 aliphatic carbocycles. The van der Waals surface area contributed by atoms with Gasteiger partial charge in [0.1, 0.15) is 28.9 Å². The van der Waals surface area contributed by atoms with Crippen LogP contribution in [0.3, 0.4) is 0 Å². The van der Waals surface area contributed by atoms with Crippen LogP contribution in [0.15, 0.2) is 108 Å². The highest BCUT2D eigenvalue weighted by molar-refractivity contribution is 7.95. The van der Waals surface area contributed by atoms with Gasteiger partial charge in [0.25, 0.3) is 0 Å². The molecule has 3 aromatic heterocycles. The number of carbonyl (C=O) groups is 1. The standard InChI is InChI=1S/C59H60N8O13S6/c1-7-21-81(69,70)46-28-40-41(29-47(46)82(71,72)22-8-2)56-63-54(40)61-52-38-20-19-36(16-13-35-14-17-37(34-68)18-15-35)27-39(38)53(60-52)62-55-42-30-48(83(73,74)23-9-3)49(84(75,76)24-10-4)31-43(42)57(64-55)66-59-45-33-51(86(79,80)26-12-6)50(85(77,78)25-11-5)32-44(45)58(65-56)67-59/h13-20,27-34H,7-12,21-26H2,1-6H3,(H2,60,61,62,63,64,65,66,67)/b16-13+. The molecule has 0 saturated heterocycles. The number of hydrogen-bond acceptors (Lipinski definition) is 19. The quantitative estimate of drug-likeness (QED) is 0.0499. The third-order valence-corrected chi connectivity index (χ3v) is 26.5. The Labute approximate surface area is 498 Å². The van der Waals surface area contributed by atoms with Crippen LogP contribution in [0.4, 0.5) is 0 Å². The minimum absolute atomic E-state index is 0.00737. The van der Waals surface area contributed by atoms with Gasteiger partial charge in [0, 0.05) is 49.4 Å². The first-order valence-electron chi connectivity index (χ1n) is 27.8. The summed E-state index contributed by atoms with van der Waals surface area (Å²) in [6, 6.07) is 19.3. The first-order valence-corrected chi connectivity index (χ1v) is 37.8. The molecule has 5 heterocycles. The van der Waals surface area contributed by atoms with E-state index in [4.69, 9.17) is 29.9 Å². The number of aldehydes is 1. The smallest absolute Gasteiger partial charge is 0.179 e. The van der Waals surface area contributed by atoms with Gasteiger partial charge in [-0.15, -0.1) is 0 Å². The van der Waals surface area contributed by atoms with Crippen LogP contribution in [0, 0.1) is 0 Å². The molecule has 0 saturated carbocycles. The lowest BCUT2D eigenvalue weighted by Gasteiger charge is -2.13. The van der Waals surface area contributed by atoms with Crippen LogP contribution in [-0.2, 0) is 59.0 Å². The lowest BCUT2D eigenvalue weighted by molar-refractivity contribution is 0.112. The van der Waals surface area contributed by atoms with Crippen LogP contribution in [-0.4, -0.2) is 131 Å². The van der Waals surface area contributed by atoms with Crippen LogP contribution in [0.1, 0.15) is 102 Å². The molecule has 2 N–H and O–H groups in total.